The molecule has 0 amide bonds. The van der Waals surface area contributed by atoms with E-state index in [1.807, 2.05) is 0 Å². The van der Waals surface area contributed by atoms with Crippen molar-refractivity contribution >= 4 is 11.6 Å². The summed E-state index contributed by atoms with van der Waals surface area (Å²) in [6.07, 6.45) is 1.23. The van der Waals surface area contributed by atoms with E-state index in [1.54, 1.807) is 13.1 Å². The highest BCUT2D eigenvalue weighted by Crippen LogP contribution is 2.30. The average molecular weight is 232 g/mol. The molecule has 0 aromatic rings. The Bertz CT molecular complexity index is 301. The normalized spacial score (nSPS) is 26.6. The molecule has 2 unspecified atom stereocenters. The Morgan fingerprint density at radius 2 is 2.47 bits per heavy atom. The van der Waals surface area contributed by atoms with E-state index in [-0.39, 0.29) is 11.5 Å². The highest BCUT2D eigenvalue weighted by Gasteiger charge is 2.29. The number of halogens is 2. The Hall–Kier alpha value is -0.640. The topological polar surface area (TPSA) is 21.3 Å². The summed E-state index contributed by atoms with van der Waals surface area (Å²) in [4.78, 5) is 0. The van der Waals surface area contributed by atoms with Crippen molar-refractivity contribution in [3.63, 3.8) is 0 Å². The average Bonchev–Trinajstić information content (AvgIpc) is 2.20. The van der Waals surface area contributed by atoms with Crippen molar-refractivity contribution in [1.82, 2.24) is 5.32 Å². The van der Waals surface area contributed by atoms with E-state index < -0.39 is 5.83 Å². The van der Waals surface area contributed by atoms with Crippen LogP contribution >= 0.6 is 11.6 Å². The zero-order valence-electron chi connectivity index (χ0n) is 8.72. The molecule has 1 heterocycles. The van der Waals surface area contributed by atoms with Gasteiger partial charge in [0.1, 0.15) is 5.83 Å². The second-order valence-electron chi connectivity index (χ2n) is 3.33. The molecular formula is C11H15ClFNO. The van der Waals surface area contributed by atoms with Crippen LogP contribution in [-0.4, -0.2) is 31.7 Å². The van der Waals surface area contributed by atoms with Gasteiger partial charge in [-0.15, -0.1) is 11.6 Å². The summed E-state index contributed by atoms with van der Waals surface area (Å²) in [6, 6.07) is 0. The second-order valence-corrected chi connectivity index (χ2v) is 3.85. The van der Waals surface area contributed by atoms with Crippen LogP contribution in [0.15, 0.2) is 36.2 Å². The van der Waals surface area contributed by atoms with Crippen LogP contribution < -0.4 is 5.32 Å². The minimum atomic E-state index is -0.504. The Morgan fingerprint density at radius 3 is 2.93 bits per heavy atom. The molecule has 4 heteroatoms. The van der Waals surface area contributed by atoms with Crippen LogP contribution in [0.25, 0.3) is 0 Å². The molecule has 1 rings (SSSR count). The molecule has 0 spiro atoms. The molecule has 0 aromatic heterocycles. The van der Waals surface area contributed by atoms with E-state index in [4.69, 9.17) is 16.3 Å². The maximum absolute atomic E-state index is 13.3. The van der Waals surface area contributed by atoms with Crippen LogP contribution in [-0.2, 0) is 4.74 Å². The molecule has 1 aliphatic rings. The first-order chi connectivity index (χ1) is 7.11. The molecule has 0 saturated heterocycles. The lowest BCUT2D eigenvalue weighted by Gasteiger charge is -2.29. The minimum absolute atomic E-state index is 0.338. The van der Waals surface area contributed by atoms with Crippen molar-refractivity contribution in [3.05, 3.63) is 36.2 Å². The maximum Gasteiger partial charge on any atom is 0.122 e. The van der Waals surface area contributed by atoms with Gasteiger partial charge in [-0.05, 0) is 12.6 Å². The van der Waals surface area contributed by atoms with Crippen molar-refractivity contribution in [1.29, 1.82) is 0 Å². The van der Waals surface area contributed by atoms with Gasteiger partial charge < -0.3 is 10.1 Å². The second kappa shape index (κ2) is 5.45. The molecule has 0 fully saturated rings. The SMILES string of the molecule is C=CC1=C(C(=C)F)C(CNC)OCC1Cl. The summed E-state index contributed by atoms with van der Waals surface area (Å²) >= 11 is 6.00. The largest absolute Gasteiger partial charge is 0.370 e. The monoisotopic (exact) mass is 231 g/mol. The van der Waals surface area contributed by atoms with Gasteiger partial charge in [0, 0.05) is 12.1 Å². The van der Waals surface area contributed by atoms with Gasteiger partial charge in [-0.25, -0.2) is 4.39 Å². The summed E-state index contributed by atoms with van der Waals surface area (Å²) in [5.41, 5.74) is 1.10. The number of hydrogen-bond acceptors (Lipinski definition) is 2. The minimum Gasteiger partial charge on any atom is -0.370 e. The van der Waals surface area contributed by atoms with Gasteiger partial charge in [-0.1, -0.05) is 19.2 Å². The first kappa shape index (κ1) is 12.4. The molecule has 0 aliphatic carbocycles. The first-order valence-corrected chi connectivity index (χ1v) is 5.17. The van der Waals surface area contributed by atoms with Crippen LogP contribution in [0.4, 0.5) is 4.39 Å². The van der Waals surface area contributed by atoms with Gasteiger partial charge in [0.15, 0.2) is 0 Å². The first-order valence-electron chi connectivity index (χ1n) is 4.73. The molecule has 2 atom stereocenters. The van der Waals surface area contributed by atoms with E-state index in [1.165, 1.54) is 0 Å². The van der Waals surface area contributed by atoms with Crippen molar-refractivity contribution < 1.29 is 9.13 Å². The van der Waals surface area contributed by atoms with Crippen molar-refractivity contribution in [3.8, 4) is 0 Å². The van der Waals surface area contributed by atoms with Gasteiger partial charge in [0.05, 0.1) is 18.1 Å². The number of rotatable bonds is 4. The summed E-state index contributed by atoms with van der Waals surface area (Å²) in [6.45, 7) is 7.84. The Kier molecular flexibility index (Phi) is 4.51. The third-order valence-electron chi connectivity index (χ3n) is 2.32. The Balaban J connectivity index is 3.07. The Labute approximate surface area is 94.4 Å². The van der Waals surface area contributed by atoms with Crippen LogP contribution in [0.3, 0.4) is 0 Å². The van der Waals surface area contributed by atoms with Gasteiger partial charge in [-0.3, -0.25) is 0 Å². The van der Waals surface area contributed by atoms with E-state index in [9.17, 15) is 4.39 Å². The highest BCUT2D eigenvalue weighted by atomic mass is 35.5. The van der Waals surface area contributed by atoms with Crippen molar-refractivity contribution in [2.75, 3.05) is 20.2 Å². The number of allylic oxidation sites excluding steroid dienone is 1. The van der Waals surface area contributed by atoms with E-state index in [2.05, 4.69) is 18.5 Å². The number of ether oxygens (including phenoxy) is 1. The van der Waals surface area contributed by atoms with Gasteiger partial charge >= 0.3 is 0 Å². The third kappa shape index (κ3) is 2.68. The summed E-state index contributed by atoms with van der Waals surface area (Å²) < 4.78 is 18.7. The van der Waals surface area contributed by atoms with E-state index in [0.29, 0.717) is 24.3 Å². The molecular weight excluding hydrogens is 217 g/mol. The fourth-order valence-electron chi connectivity index (χ4n) is 1.64. The molecule has 15 heavy (non-hydrogen) atoms. The van der Waals surface area contributed by atoms with Crippen LogP contribution in [0, 0.1) is 0 Å². The zero-order chi connectivity index (χ0) is 11.4. The number of hydrogen-bond donors (Lipinski definition) is 1. The molecule has 0 aromatic carbocycles. The number of likely N-dealkylation sites (N-methyl/N-ethyl adjacent to an activating group) is 1. The predicted octanol–water partition coefficient (Wildman–Crippen LogP) is 2.18. The summed E-state index contributed by atoms with van der Waals surface area (Å²) in [5, 5.41) is 2.59. The lowest BCUT2D eigenvalue weighted by Crippen LogP contribution is -2.36. The molecule has 1 N–H and O–H groups in total. The lowest BCUT2D eigenvalue weighted by atomic mass is 9.96. The molecule has 2 nitrogen and oxygen atoms in total. The fourth-order valence-corrected chi connectivity index (χ4v) is 1.92. The summed E-state index contributed by atoms with van der Waals surface area (Å²) in [5.74, 6) is -0.504. The number of alkyl halides is 1. The molecule has 1 aliphatic heterocycles. The standard InChI is InChI=1S/C11H15ClFNO/c1-4-8-9(12)6-15-10(5-14-3)11(8)7(2)13/h4,9-10,14H,1-2,5-6H2,3H3. The van der Waals surface area contributed by atoms with Crippen LogP contribution in [0.2, 0.25) is 0 Å². The van der Waals surface area contributed by atoms with E-state index in [0.717, 1.165) is 0 Å². The lowest BCUT2D eigenvalue weighted by molar-refractivity contribution is 0.0710. The fraction of sp³-hybridized carbons (Fsp3) is 0.455. The quantitative estimate of drug-likeness (QED) is 0.749. The molecule has 0 radical (unpaired) electrons. The van der Waals surface area contributed by atoms with Crippen LogP contribution in [0.1, 0.15) is 0 Å². The Morgan fingerprint density at radius 1 is 1.80 bits per heavy atom. The van der Waals surface area contributed by atoms with Crippen molar-refractivity contribution in [2.45, 2.75) is 11.5 Å². The highest BCUT2D eigenvalue weighted by molar-refractivity contribution is 6.23. The van der Waals surface area contributed by atoms with Crippen molar-refractivity contribution in [2.24, 2.45) is 0 Å². The van der Waals surface area contributed by atoms with E-state index >= 15 is 0 Å². The van der Waals surface area contributed by atoms with Crippen LogP contribution in [0.5, 0.6) is 0 Å². The zero-order valence-corrected chi connectivity index (χ0v) is 9.48. The van der Waals surface area contributed by atoms with Gasteiger partial charge in [-0.2, -0.15) is 0 Å². The van der Waals surface area contributed by atoms with Gasteiger partial charge in [0.2, 0.25) is 0 Å². The molecule has 0 bridgehead atoms. The molecule has 84 valence electrons. The summed E-state index contributed by atoms with van der Waals surface area (Å²) in [7, 11) is 1.78. The predicted molar refractivity (Wildman–Crippen MR) is 60.8 cm³/mol. The third-order valence-corrected chi connectivity index (χ3v) is 2.68. The molecule has 0 saturated carbocycles. The maximum atomic E-state index is 13.3. The number of nitrogens with one attached hydrogen (secondary N) is 1. The van der Waals surface area contributed by atoms with Gasteiger partial charge in [0.25, 0.3) is 0 Å². The smallest absolute Gasteiger partial charge is 0.122 e.